The third-order valence-electron chi connectivity index (χ3n) is 3.49. The van der Waals surface area contributed by atoms with Crippen molar-refractivity contribution in [2.75, 3.05) is 6.54 Å². The number of nitrogens with two attached hydrogens (primary N) is 1. The molecular weight excluding hydrogens is 186 g/mol. The smallest absolute Gasteiger partial charge is 0.189 e. The van der Waals surface area contributed by atoms with E-state index in [0.717, 1.165) is 19.4 Å². The number of nitrogens with zero attached hydrogens (tertiary/aromatic N) is 1. The van der Waals surface area contributed by atoms with Crippen molar-refractivity contribution in [3.8, 4) is 0 Å². The van der Waals surface area contributed by atoms with Gasteiger partial charge in [0.15, 0.2) is 5.96 Å². The van der Waals surface area contributed by atoms with E-state index < -0.39 is 0 Å². The topological polar surface area (TPSA) is 50.4 Å². The van der Waals surface area contributed by atoms with Crippen molar-refractivity contribution in [3.05, 3.63) is 34.9 Å². The molecule has 3 nitrogen and oxygen atoms in total. The van der Waals surface area contributed by atoms with Gasteiger partial charge < -0.3 is 11.1 Å². The average molecular weight is 201 g/mol. The molecule has 0 amide bonds. The third-order valence-corrected chi connectivity index (χ3v) is 3.49. The zero-order chi connectivity index (χ0) is 10.5. The highest BCUT2D eigenvalue weighted by molar-refractivity contribution is 5.81. The summed E-state index contributed by atoms with van der Waals surface area (Å²) in [4.78, 5) is 4.28. The van der Waals surface area contributed by atoms with Gasteiger partial charge >= 0.3 is 0 Å². The average Bonchev–Trinajstić information content (AvgIpc) is 2.74. The molecule has 0 saturated carbocycles. The minimum absolute atomic E-state index is 0.00539. The number of aliphatic imine (C=N–C) groups is 1. The van der Waals surface area contributed by atoms with Gasteiger partial charge in [-0.1, -0.05) is 23.8 Å². The van der Waals surface area contributed by atoms with E-state index in [9.17, 15) is 0 Å². The van der Waals surface area contributed by atoms with Crippen LogP contribution in [0.2, 0.25) is 0 Å². The van der Waals surface area contributed by atoms with E-state index in [1.807, 2.05) is 0 Å². The Morgan fingerprint density at radius 2 is 2.33 bits per heavy atom. The van der Waals surface area contributed by atoms with Crippen molar-refractivity contribution in [1.29, 1.82) is 0 Å². The molecule has 15 heavy (non-hydrogen) atoms. The van der Waals surface area contributed by atoms with E-state index in [4.69, 9.17) is 5.73 Å². The molecule has 0 aromatic heterocycles. The molecule has 1 aromatic rings. The molecule has 0 radical (unpaired) electrons. The summed E-state index contributed by atoms with van der Waals surface area (Å²) in [7, 11) is 0. The van der Waals surface area contributed by atoms with E-state index in [1.165, 1.54) is 16.7 Å². The van der Waals surface area contributed by atoms with Gasteiger partial charge in [0.05, 0.1) is 12.1 Å². The largest absolute Gasteiger partial charge is 0.370 e. The predicted octanol–water partition coefficient (Wildman–Crippen LogP) is 1.05. The Morgan fingerprint density at radius 3 is 3.07 bits per heavy atom. The van der Waals surface area contributed by atoms with Crippen LogP contribution >= 0.6 is 0 Å². The summed E-state index contributed by atoms with van der Waals surface area (Å²) in [5, 5.41) is 3.34. The van der Waals surface area contributed by atoms with Crippen molar-refractivity contribution in [1.82, 2.24) is 5.32 Å². The van der Waals surface area contributed by atoms with Crippen molar-refractivity contribution in [2.24, 2.45) is 10.7 Å². The van der Waals surface area contributed by atoms with Crippen LogP contribution in [0, 0.1) is 6.92 Å². The maximum Gasteiger partial charge on any atom is 0.189 e. The molecule has 1 heterocycles. The molecular formula is C12H15N3. The van der Waals surface area contributed by atoms with Crippen molar-refractivity contribution < 1.29 is 0 Å². The van der Waals surface area contributed by atoms with Crippen molar-refractivity contribution >= 4 is 5.96 Å². The van der Waals surface area contributed by atoms with Gasteiger partial charge in [0.2, 0.25) is 0 Å². The second kappa shape index (κ2) is 2.75. The SMILES string of the molecule is Cc1ccc2c(c1)C1(CC2)CN=C(N)N1. The van der Waals surface area contributed by atoms with Crippen LogP contribution in [0.3, 0.4) is 0 Å². The normalized spacial score (nSPS) is 27.7. The molecule has 0 bridgehead atoms. The molecule has 1 aliphatic carbocycles. The zero-order valence-corrected chi connectivity index (χ0v) is 8.88. The van der Waals surface area contributed by atoms with Crippen LogP contribution in [0.4, 0.5) is 0 Å². The predicted molar refractivity (Wildman–Crippen MR) is 60.8 cm³/mol. The van der Waals surface area contributed by atoms with Crippen LogP contribution in [0.25, 0.3) is 0 Å². The number of benzene rings is 1. The Morgan fingerprint density at radius 1 is 1.47 bits per heavy atom. The Balaban J connectivity index is 2.08. The van der Waals surface area contributed by atoms with Gasteiger partial charge in [-0.15, -0.1) is 0 Å². The minimum Gasteiger partial charge on any atom is -0.370 e. The second-order valence-electron chi connectivity index (χ2n) is 4.57. The lowest BCUT2D eigenvalue weighted by molar-refractivity contribution is 0.429. The van der Waals surface area contributed by atoms with Gasteiger partial charge in [-0.3, -0.25) is 4.99 Å². The monoisotopic (exact) mass is 201 g/mol. The van der Waals surface area contributed by atoms with Crippen molar-refractivity contribution in [2.45, 2.75) is 25.3 Å². The molecule has 78 valence electrons. The lowest BCUT2D eigenvalue weighted by atomic mass is 9.92. The highest BCUT2D eigenvalue weighted by Gasteiger charge is 2.41. The maximum atomic E-state index is 5.72. The van der Waals surface area contributed by atoms with Gasteiger partial charge in [-0.05, 0) is 30.9 Å². The van der Waals surface area contributed by atoms with E-state index in [-0.39, 0.29) is 5.54 Å². The molecule has 1 aromatic carbocycles. The first-order valence-corrected chi connectivity index (χ1v) is 5.38. The minimum atomic E-state index is 0.00539. The van der Waals surface area contributed by atoms with Gasteiger partial charge in [0.1, 0.15) is 0 Å². The highest BCUT2D eigenvalue weighted by Crippen LogP contribution is 2.39. The fourth-order valence-corrected chi connectivity index (χ4v) is 2.67. The number of rotatable bonds is 0. The molecule has 0 saturated heterocycles. The molecule has 3 rings (SSSR count). The molecule has 1 spiro atoms. The number of nitrogens with one attached hydrogen (secondary N) is 1. The van der Waals surface area contributed by atoms with Gasteiger partial charge in [0, 0.05) is 0 Å². The zero-order valence-electron chi connectivity index (χ0n) is 8.88. The first-order valence-electron chi connectivity index (χ1n) is 5.38. The first kappa shape index (κ1) is 8.77. The van der Waals surface area contributed by atoms with Crippen LogP contribution in [0.15, 0.2) is 23.2 Å². The number of fused-ring (bicyclic) bond motifs is 2. The fourth-order valence-electron chi connectivity index (χ4n) is 2.67. The number of guanidine groups is 1. The maximum absolute atomic E-state index is 5.72. The molecule has 0 fully saturated rings. The van der Waals surface area contributed by atoms with Gasteiger partial charge in [0.25, 0.3) is 0 Å². The van der Waals surface area contributed by atoms with E-state index in [2.05, 4.69) is 35.4 Å². The Kier molecular flexibility index (Phi) is 1.61. The van der Waals surface area contributed by atoms with Crippen LogP contribution in [-0.4, -0.2) is 12.5 Å². The Labute approximate surface area is 89.4 Å². The lowest BCUT2D eigenvalue weighted by Crippen LogP contribution is -2.43. The molecule has 3 heteroatoms. The van der Waals surface area contributed by atoms with Gasteiger partial charge in [-0.25, -0.2) is 0 Å². The number of hydrogen-bond donors (Lipinski definition) is 2. The molecule has 1 unspecified atom stereocenters. The lowest BCUT2D eigenvalue weighted by Gasteiger charge is -2.25. The summed E-state index contributed by atoms with van der Waals surface area (Å²) in [6, 6.07) is 6.68. The number of aryl methyl sites for hydroxylation is 2. The fraction of sp³-hybridized carbons (Fsp3) is 0.417. The van der Waals surface area contributed by atoms with Crippen LogP contribution in [0.1, 0.15) is 23.1 Å². The summed E-state index contributed by atoms with van der Waals surface area (Å²) in [5.74, 6) is 0.587. The molecule has 1 atom stereocenters. The summed E-state index contributed by atoms with van der Waals surface area (Å²) in [5.41, 5.74) is 9.87. The van der Waals surface area contributed by atoms with E-state index in [0.29, 0.717) is 5.96 Å². The van der Waals surface area contributed by atoms with Gasteiger partial charge in [-0.2, -0.15) is 0 Å². The summed E-state index contributed by atoms with van der Waals surface area (Å²) in [6.45, 7) is 2.92. The van der Waals surface area contributed by atoms with E-state index in [1.54, 1.807) is 0 Å². The molecule has 2 aliphatic rings. The molecule has 1 aliphatic heterocycles. The summed E-state index contributed by atoms with van der Waals surface area (Å²) in [6.07, 6.45) is 2.24. The molecule has 3 N–H and O–H groups in total. The second-order valence-corrected chi connectivity index (χ2v) is 4.57. The quantitative estimate of drug-likeness (QED) is 0.659. The van der Waals surface area contributed by atoms with Crippen molar-refractivity contribution in [3.63, 3.8) is 0 Å². The Bertz CT molecular complexity index is 450. The summed E-state index contributed by atoms with van der Waals surface area (Å²) < 4.78 is 0. The summed E-state index contributed by atoms with van der Waals surface area (Å²) >= 11 is 0. The van der Waals surface area contributed by atoms with Crippen LogP contribution in [0.5, 0.6) is 0 Å². The third kappa shape index (κ3) is 1.16. The Hall–Kier alpha value is -1.51. The van der Waals surface area contributed by atoms with Crippen LogP contribution < -0.4 is 11.1 Å². The highest BCUT2D eigenvalue weighted by atomic mass is 15.2. The standard InChI is InChI=1S/C12H15N3/c1-8-2-3-9-4-5-12(10(9)6-8)7-14-11(13)15-12/h2-3,6H,4-5,7H2,1H3,(H3,13,14,15). The van der Waals surface area contributed by atoms with E-state index >= 15 is 0 Å². The first-order chi connectivity index (χ1) is 7.20. The number of hydrogen-bond acceptors (Lipinski definition) is 3. The van der Waals surface area contributed by atoms with Crippen LogP contribution in [-0.2, 0) is 12.0 Å².